The van der Waals surface area contributed by atoms with Crippen LogP contribution < -0.4 is 10.1 Å². The van der Waals surface area contributed by atoms with Crippen LogP contribution in [-0.2, 0) is 4.79 Å². The molecule has 3 unspecified atom stereocenters. The number of carbonyl (C=O) groups excluding carboxylic acids is 2. The largest absolute Gasteiger partial charge is 0.573 e. The number of ether oxygens (including phenoxy) is 1. The van der Waals surface area contributed by atoms with Gasteiger partial charge < -0.3 is 20.1 Å². The molecule has 170 valence electrons. The Kier molecular flexibility index (Phi) is 6.11. The number of carbonyl (C=O) groups is 2. The monoisotopic (exact) mass is 441 g/mol. The highest BCUT2D eigenvalue weighted by molar-refractivity contribution is 5.94. The number of benzene rings is 1. The number of amides is 2. The summed E-state index contributed by atoms with van der Waals surface area (Å²) < 4.78 is 40.9. The van der Waals surface area contributed by atoms with Crippen molar-refractivity contribution in [3.05, 3.63) is 29.8 Å². The van der Waals surface area contributed by atoms with E-state index >= 15 is 0 Å². The van der Waals surface area contributed by atoms with Gasteiger partial charge in [0, 0.05) is 31.7 Å². The van der Waals surface area contributed by atoms with Crippen LogP contribution in [0.4, 0.5) is 13.2 Å². The third kappa shape index (κ3) is 5.12. The van der Waals surface area contributed by atoms with Crippen LogP contribution >= 0.6 is 0 Å². The molecule has 2 aliphatic heterocycles. The van der Waals surface area contributed by atoms with Gasteiger partial charge in [-0.05, 0) is 48.8 Å². The molecule has 0 aromatic heterocycles. The van der Waals surface area contributed by atoms with Crippen LogP contribution in [0.25, 0.3) is 0 Å². The Morgan fingerprint density at radius 1 is 1.23 bits per heavy atom. The Balaban J connectivity index is 1.20. The SMILES string of the molecule is O=C(NCC1C2CN(CC(=O)N3CCCC3CO)CC12)c1cccc(OC(F)(F)F)c1. The molecular formula is C21H26F3N3O4. The zero-order chi connectivity index (χ0) is 22.2. The van der Waals surface area contributed by atoms with Crippen LogP contribution in [0.3, 0.4) is 0 Å². The van der Waals surface area contributed by atoms with Gasteiger partial charge in [0.05, 0.1) is 19.2 Å². The summed E-state index contributed by atoms with van der Waals surface area (Å²) in [5.41, 5.74) is 0.115. The van der Waals surface area contributed by atoms with Gasteiger partial charge in [0.1, 0.15) is 5.75 Å². The molecule has 2 N–H and O–H groups in total. The van der Waals surface area contributed by atoms with Gasteiger partial charge in [-0.15, -0.1) is 13.2 Å². The van der Waals surface area contributed by atoms with Crippen molar-refractivity contribution in [2.24, 2.45) is 17.8 Å². The number of aliphatic hydroxyl groups is 1. The molecule has 0 radical (unpaired) electrons. The molecule has 31 heavy (non-hydrogen) atoms. The number of likely N-dealkylation sites (tertiary alicyclic amines) is 2. The van der Waals surface area contributed by atoms with Crippen molar-refractivity contribution < 1.29 is 32.6 Å². The minimum absolute atomic E-state index is 0.00397. The quantitative estimate of drug-likeness (QED) is 0.670. The molecule has 1 aromatic carbocycles. The molecule has 4 rings (SSSR count). The number of piperidine rings is 1. The molecule has 3 atom stereocenters. The molecule has 1 aliphatic carbocycles. The summed E-state index contributed by atoms with van der Waals surface area (Å²) in [6.45, 7) is 3.11. The highest BCUT2D eigenvalue weighted by atomic mass is 19.4. The molecule has 2 heterocycles. The van der Waals surface area contributed by atoms with Crippen molar-refractivity contribution in [3.63, 3.8) is 0 Å². The molecule has 10 heteroatoms. The van der Waals surface area contributed by atoms with E-state index in [1.165, 1.54) is 12.1 Å². The third-order valence-corrected chi connectivity index (χ3v) is 6.54. The lowest BCUT2D eigenvalue weighted by Crippen LogP contribution is -2.44. The highest BCUT2D eigenvalue weighted by Crippen LogP contribution is 2.51. The molecule has 3 fully saturated rings. The van der Waals surface area contributed by atoms with E-state index in [1.54, 1.807) is 4.90 Å². The molecule has 2 amide bonds. The van der Waals surface area contributed by atoms with Gasteiger partial charge in [-0.25, -0.2) is 0 Å². The summed E-state index contributed by atoms with van der Waals surface area (Å²) in [7, 11) is 0. The normalized spacial score (nSPS) is 27.8. The summed E-state index contributed by atoms with van der Waals surface area (Å²) in [6.07, 6.45) is -3.03. The minimum atomic E-state index is -4.80. The molecule has 1 aromatic rings. The van der Waals surface area contributed by atoms with E-state index in [4.69, 9.17) is 0 Å². The van der Waals surface area contributed by atoms with Crippen LogP contribution in [0.15, 0.2) is 24.3 Å². The highest BCUT2D eigenvalue weighted by Gasteiger charge is 2.55. The summed E-state index contributed by atoms with van der Waals surface area (Å²) in [5, 5.41) is 12.2. The lowest BCUT2D eigenvalue weighted by molar-refractivity contribution is -0.274. The van der Waals surface area contributed by atoms with Gasteiger partial charge in [-0.2, -0.15) is 0 Å². The average molecular weight is 441 g/mol. The van der Waals surface area contributed by atoms with E-state index in [-0.39, 0.29) is 24.1 Å². The van der Waals surface area contributed by atoms with Crippen molar-refractivity contribution in [1.82, 2.24) is 15.1 Å². The third-order valence-electron chi connectivity index (χ3n) is 6.54. The molecule has 2 saturated heterocycles. The maximum absolute atomic E-state index is 12.5. The first-order valence-corrected chi connectivity index (χ1v) is 10.5. The minimum Gasteiger partial charge on any atom is -0.406 e. The van der Waals surface area contributed by atoms with Crippen LogP contribution in [0.5, 0.6) is 5.75 Å². The summed E-state index contributed by atoms with van der Waals surface area (Å²) in [6, 6.07) is 4.95. The van der Waals surface area contributed by atoms with E-state index in [2.05, 4.69) is 15.0 Å². The lowest BCUT2D eigenvalue weighted by Gasteiger charge is -2.26. The Bertz CT molecular complexity index is 822. The van der Waals surface area contributed by atoms with Gasteiger partial charge in [0.25, 0.3) is 5.91 Å². The molecular weight excluding hydrogens is 415 g/mol. The Hall–Kier alpha value is -2.33. The fraction of sp³-hybridized carbons (Fsp3) is 0.619. The first kappa shape index (κ1) is 21.9. The number of nitrogens with zero attached hydrogens (tertiary/aromatic N) is 2. The second-order valence-corrected chi connectivity index (χ2v) is 8.54. The van der Waals surface area contributed by atoms with E-state index in [1.807, 2.05) is 0 Å². The Morgan fingerprint density at radius 3 is 2.65 bits per heavy atom. The molecule has 3 aliphatic rings. The Labute approximate surface area is 178 Å². The maximum Gasteiger partial charge on any atom is 0.573 e. The van der Waals surface area contributed by atoms with Gasteiger partial charge >= 0.3 is 6.36 Å². The number of halogens is 3. The summed E-state index contributed by atoms with van der Waals surface area (Å²) in [5.74, 6) is 0.352. The van der Waals surface area contributed by atoms with Crippen LogP contribution in [-0.4, -0.2) is 78.5 Å². The second-order valence-electron chi connectivity index (χ2n) is 8.54. The summed E-state index contributed by atoms with van der Waals surface area (Å²) in [4.78, 5) is 28.7. The fourth-order valence-electron chi connectivity index (χ4n) is 4.95. The number of hydrogen-bond donors (Lipinski definition) is 2. The van der Waals surface area contributed by atoms with Crippen LogP contribution in [0, 0.1) is 17.8 Å². The van der Waals surface area contributed by atoms with E-state index < -0.39 is 18.0 Å². The molecule has 1 saturated carbocycles. The fourth-order valence-corrected chi connectivity index (χ4v) is 4.95. The smallest absolute Gasteiger partial charge is 0.406 e. The maximum atomic E-state index is 12.5. The van der Waals surface area contributed by atoms with Gasteiger partial charge in [-0.1, -0.05) is 6.07 Å². The van der Waals surface area contributed by atoms with Crippen molar-refractivity contribution in [1.29, 1.82) is 0 Å². The molecule has 0 bridgehead atoms. The predicted molar refractivity (Wildman–Crippen MR) is 104 cm³/mol. The second kappa shape index (κ2) is 8.66. The number of aliphatic hydroxyl groups excluding tert-OH is 1. The number of rotatable bonds is 7. The van der Waals surface area contributed by atoms with Crippen LogP contribution in [0.1, 0.15) is 23.2 Å². The van der Waals surface area contributed by atoms with Crippen molar-refractivity contribution in [2.75, 3.05) is 39.3 Å². The molecule has 0 spiro atoms. The lowest BCUT2D eigenvalue weighted by atomic mass is 10.2. The zero-order valence-electron chi connectivity index (χ0n) is 17.0. The van der Waals surface area contributed by atoms with Crippen molar-refractivity contribution >= 4 is 11.8 Å². The number of alkyl halides is 3. The van der Waals surface area contributed by atoms with Gasteiger partial charge in [-0.3, -0.25) is 14.5 Å². The van der Waals surface area contributed by atoms with Gasteiger partial charge in [0.15, 0.2) is 0 Å². The first-order valence-electron chi connectivity index (χ1n) is 10.5. The van der Waals surface area contributed by atoms with E-state index in [9.17, 15) is 27.9 Å². The average Bonchev–Trinajstić information content (AvgIpc) is 3.07. The van der Waals surface area contributed by atoms with Crippen molar-refractivity contribution in [2.45, 2.75) is 25.2 Å². The standard InChI is InChI=1S/C21H26F3N3O4/c22-21(23,24)31-15-5-1-3-13(7-15)20(30)25-8-16-17-9-26(10-18(16)17)11-19(29)27-6-2-4-14(27)12-28/h1,3,5,7,14,16-18,28H,2,4,6,8-12H2,(H,25,30). The number of hydrogen-bond acceptors (Lipinski definition) is 5. The first-order chi connectivity index (χ1) is 14.7. The zero-order valence-corrected chi connectivity index (χ0v) is 17.0. The Morgan fingerprint density at radius 2 is 1.97 bits per heavy atom. The topological polar surface area (TPSA) is 82.1 Å². The predicted octanol–water partition coefficient (Wildman–Crippen LogP) is 1.48. The van der Waals surface area contributed by atoms with Gasteiger partial charge in [0.2, 0.25) is 5.91 Å². The van der Waals surface area contributed by atoms with E-state index in [0.29, 0.717) is 37.4 Å². The van der Waals surface area contributed by atoms with Crippen LogP contribution in [0.2, 0.25) is 0 Å². The van der Waals surface area contributed by atoms with E-state index in [0.717, 1.165) is 38.1 Å². The van der Waals surface area contributed by atoms with Crippen molar-refractivity contribution in [3.8, 4) is 5.75 Å². The molecule has 7 nitrogen and oxygen atoms in total. The number of fused-ring (bicyclic) bond motifs is 1. The summed E-state index contributed by atoms with van der Waals surface area (Å²) >= 11 is 0. The number of nitrogens with one attached hydrogen (secondary N) is 1.